The molecule has 0 radical (unpaired) electrons. The molecule has 3 nitrogen and oxygen atoms in total. The lowest BCUT2D eigenvalue weighted by atomic mass is 9.83. The van der Waals surface area contributed by atoms with E-state index in [1.54, 1.807) is 14.2 Å². The van der Waals surface area contributed by atoms with Crippen molar-refractivity contribution in [1.29, 1.82) is 0 Å². The van der Waals surface area contributed by atoms with Crippen LogP contribution in [0, 0.1) is 5.92 Å². The number of methoxy groups -OCH3 is 2. The Bertz CT molecular complexity index is 1320. The van der Waals surface area contributed by atoms with Gasteiger partial charge in [0.25, 0.3) is 0 Å². The molecular weight excluding hydrogens is 478 g/mol. The lowest BCUT2D eigenvalue weighted by molar-refractivity contribution is 0.116. The predicted octanol–water partition coefficient (Wildman–Crippen LogP) is 8.99. The summed E-state index contributed by atoms with van der Waals surface area (Å²) in [7, 11) is 3.43. The van der Waals surface area contributed by atoms with Crippen molar-refractivity contribution in [1.82, 2.24) is 4.90 Å². The molecule has 1 unspecified atom stereocenters. The van der Waals surface area contributed by atoms with Crippen molar-refractivity contribution < 1.29 is 9.47 Å². The van der Waals surface area contributed by atoms with Gasteiger partial charge < -0.3 is 9.47 Å². The van der Waals surface area contributed by atoms with E-state index in [-0.39, 0.29) is 0 Å². The maximum atomic E-state index is 5.40. The van der Waals surface area contributed by atoms with Crippen LogP contribution in [0.25, 0.3) is 33.4 Å². The van der Waals surface area contributed by atoms with Crippen molar-refractivity contribution in [3.63, 3.8) is 0 Å². The highest BCUT2D eigenvalue weighted by molar-refractivity contribution is 5.81. The minimum Gasteiger partial charge on any atom is -0.497 e. The molecule has 4 aromatic carbocycles. The first-order valence-corrected chi connectivity index (χ1v) is 14.4. The van der Waals surface area contributed by atoms with Crippen LogP contribution in [0.1, 0.15) is 50.2 Å². The van der Waals surface area contributed by atoms with Crippen LogP contribution >= 0.6 is 0 Å². The van der Waals surface area contributed by atoms with Crippen LogP contribution in [0.4, 0.5) is 0 Å². The Kier molecular flexibility index (Phi) is 7.43. The van der Waals surface area contributed by atoms with Gasteiger partial charge in [0.15, 0.2) is 0 Å². The molecule has 3 heteroatoms. The SMILES string of the molecule is COc1ccc(-c2ccc3c(c2)-c2cc(-c4ccc(OC)cc4)ccc2CN(C(C)C2CCCCC2)C3)cc1. The maximum Gasteiger partial charge on any atom is 0.118 e. The number of fused-ring (bicyclic) bond motifs is 3. The van der Waals surface area contributed by atoms with E-state index in [0.29, 0.717) is 6.04 Å². The fourth-order valence-corrected chi connectivity index (χ4v) is 6.55. The third-order valence-electron chi connectivity index (χ3n) is 9.01. The van der Waals surface area contributed by atoms with Gasteiger partial charge in [0.1, 0.15) is 11.5 Å². The largest absolute Gasteiger partial charge is 0.497 e. The number of rotatable bonds is 6. The van der Waals surface area contributed by atoms with Gasteiger partial charge in [-0.15, -0.1) is 0 Å². The summed E-state index contributed by atoms with van der Waals surface area (Å²) in [5.74, 6) is 2.56. The number of hydrogen-bond donors (Lipinski definition) is 0. The second-order valence-electron chi connectivity index (χ2n) is 11.2. The van der Waals surface area contributed by atoms with Crippen LogP contribution in [0.3, 0.4) is 0 Å². The van der Waals surface area contributed by atoms with E-state index >= 15 is 0 Å². The van der Waals surface area contributed by atoms with E-state index < -0.39 is 0 Å². The van der Waals surface area contributed by atoms with Crippen LogP contribution in [0.5, 0.6) is 11.5 Å². The molecule has 1 heterocycles. The molecule has 2 aliphatic rings. The molecule has 1 aliphatic carbocycles. The number of nitrogens with zero attached hydrogens (tertiary/aromatic N) is 1. The molecule has 0 bridgehead atoms. The Morgan fingerprint density at radius 3 is 1.46 bits per heavy atom. The number of ether oxygens (including phenoxy) is 2. The molecule has 200 valence electrons. The van der Waals surface area contributed by atoms with Gasteiger partial charge >= 0.3 is 0 Å². The fourth-order valence-electron chi connectivity index (χ4n) is 6.55. The van der Waals surface area contributed by atoms with Gasteiger partial charge in [-0.05, 0) is 107 Å². The van der Waals surface area contributed by atoms with Gasteiger partial charge in [-0.2, -0.15) is 0 Å². The minimum atomic E-state index is 0.576. The summed E-state index contributed by atoms with van der Waals surface area (Å²) in [6, 6.07) is 31.5. The average Bonchev–Trinajstić information content (AvgIpc) is 3.17. The summed E-state index contributed by atoms with van der Waals surface area (Å²) in [5.41, 5.74) is 10.4. The highest BCUT2D eigenvalue weighted by Crippen LogP contribution is 2.40. The van der Waals surface area contributed by atoms with E-state index in [2.05, 4.69) is 72.5 Å². The van der Waals surface area contributed by atoms with Gasteiger partial charge in [-0.25, -0.2) is 0 Å². The van der Waals surface area contributed by atoms with Crippen LogP contribution in [-0.4, -0.2) is 25.2 Å². The zero-order chi connectivity index (χ0) is 26.8. The summed E-state index contributed by atoms with van der Waals surface area (Å²) in [6.07, 6.45) is 6.89. The van der Waals surface area contributed by atoms with Crippen molar-refractivity contribution in [2.45, 2.75) is 58.2 Å². The third-order valence-corrected chi connectivity index (χ3v) is 9.01. The van der Waals surface area contributed by atoms with Crippen LogP contribution < -0.4 is 9.47 Å². The van der Waals surface area contributed by atoms with Crippen molar-refractivity contribution in [2.24, 2.45) is 5.92 Å². The molecule has 4 aromatic rings. The molecular formula is C36H39NO2. The molecule has 0 amide bonds. The standard InChI is InChI=1S/C36H39NO2/c1-25(26-7-5-4-6-8-26)37-23-31-11-9-29(27-13-17-33(38-2)18-14-27)21-35(31)36-22-30(10-12-32(36)24-37)28-15-19-34(39-3)20-16-28/h9-22,25-26H,4-8,23-24H2,1-3H3. The van der Waals surface area contributed by atoms with Crippen LogP contribution in [0.15, 0.2) is 84.9 Å². The third kappa shape index (κ3) is 5.33. The van der Waals surface area contributed by atoms with Crippen molar-refractivity contribution in [3.8, 4) is 44.9 Å². The second kappa shape index (κ2) is 11.3. The molecule has 1 aliphatic heterocycles. The number of benzene rings is 4. The van der Waals surface area contributed by atoms with Crippen molar-refractivity contribution in [2.75, 3.05) is 14.2 Å². The summed E-state index contributed by atoms with van der Waals surface area (Å²) in [6.45, 7) is 4.45. The molecule has 1 fully saturated rings. The highest BCUT2D eigenvalue weighted by atomic mass is 16.5. The Labute approximate surface area is 233 Å². The van der Waals surface area contributed by atoms with Gasteiger partial charge in [0.05, 0.1) is 14.2 Å². The minimum absolute atomic E-state index is 0.576. The van der Waals surface area contributed by atoms with E-state index in [1.807, 2.05) is 24.3 Å². The van der Waals surface area contributed by atoms with Gasteiger partial charge in [0.2, 0.25) is 0 Å². The van der Waals surface area contributed by atoms with E-state index in [1.165, 1.54) is 76.6 Å². The lowest BCUT2D eigenvalue weighted by Gasteiger charge is -2.36. The van der Waals surface area contributed by atoms with Crippen LogP contribution in [0.2, 0.25) is 0 Å². The highest BCUT2D eigenvalue weighted by Gasteiger charge is 2.29. The maximum absolute atomic E-state index is 5.40. The van der Waals surface area contributed by atoms with Gasteiger partial charge in [-0.3, -0.25) is 4.90 Å². The van der Waals surface area contributed by atoms with Crippen molar-refractivity contribution >= 4 is 0 Å². The first-order chi connectivity index (χ1) is 19.1. The van der Waals surface area contributed by atoms with Gasteiger partial charge in [0, 0.05) is 19.1 Å². The molecule has 1 atom stereocenters. The molecule has 39 heavy (non-hydrogen) atoms. The summed E-state index contributed by atoms with van der Waals surface area (Å²) in [4.78, 5) is 2.74. The van der Waals surface area contributed by atoms with E-state index in [0.717, 1.165) is 30.5 Å². The quantitative estimate of drug-likeness (QED) is 0.255. The molecule has 0 aromatic heterocycles. The molecule has 0 N–H and O–H groups in total. The first kappa shape index (κ1) is 25.7. The smallest absolute Gasteiger partial charge is 0.118 e. The number of hydrogen-bond acceptors (Lipinski definition) is 3. The normalized spacial score (nSPS) is 16.6. The Morgan fingerprint density at radius 1 is 0.590 bits per heavy atom. The monoisotopic (exact) mass is 517 g/mol. The zero-order valence-corrected chi connectivity index (χ0v) is 23.5. The van der Waals surface area contributed by atoms with Gasteiger partial charge in [-0.1, -0.05) is 67.8 Å². The summed E-state index contributed by atoms with van der Waals surface area (Å²) in [5, 5.41) is 0. The molecule has 1 saturated carbocycles. The molecule has 0 spiro atoms. The fraction of sp³-hybridized carbons (Fsp3) is 0.333. The Morgan fingerprint density at radius 2 is 1.03 bits per heavy atom. The second-order valence-corrected chi connectivity index (χ2v) is 11.2. The Balaban J connectivity index is 1.43. The predicted molar refractivity (Wildman–Crippen MR) is 161 cm³/mol. The average molecular weight is 518 g/mol. The van der Waals surface area contributed by atoms with E-state index in [4.69, 9.17) is 9.47 Å². The Hall–Kier alpha value is -3.56. The van der Waals surface area contributed by atoms with Crippen LogP contribution in [-0.2, 0) is 13.1 Å². The molecule has 0 saturated heterocycles. The zero-order valence-electron chi connectivity index (χ0n) is 23.5. The topological polar surface area (TPSA) is 21.7 Å². The van der Waals surface area contributed by atoms with E-state index in [9.17, 15) is 0 Å². The van der Waals surface area contributed by atoms with Crippen molar-refractivity contribution in [3.05, 3.63) is 96.1 Å². The summed E-state index contributed by atoms with van der Waals surface area (Å²) < 4.78 is 10.8. The first-order valence-electron chi connectivity index (χ1n) is 14.4. The lowest BCUT2D eigenvalue weighted by Crippen LogP contribution is -2.38. The summed E-state index contributed by atoms with van der Waals surface area (Å²) >= 11 is 0. The molecule has 6 rings (SSSR count).